The van der Waals surface area contributed by atoms with E-state index in [1.165, 1.54) is 0 Å². The van der Waals surface area contributed by atoms with Crippen LogP contribution in [0.1, 0.15) is 31.2 Å². The Labute approximate surface area is 173 Å². The molecule has 0 aliphatic carbocycles. The van der Waals surface area contributed by atoms with Gasteiger partial charge in [0.25, 0.3) is 5.91 Å². The van der Waals surface area contributed by atoms with Crippen molar-refractivity contribution in [1.82, 2.24) is 5.32 Å². The van der Waals surface area contributed by atoms with Gasteiger partial charge >= 0.3 is 0 Å². The number of hydrogen-bond donors (Lipinski definition) is 1. The molecule has 2 atom stereocenters. The average molecular weight is 413 g/mol. The zero-order valence-corrected chi connectivity index (χ0v) is 16.7. The summed E-state index contributed by atoms with van der Waals surface area (Å²) in [5.41, 5.74) is 3.23. The van der Waals surface area contributed by atoms with Crippen molar-refractivity contribution in [3.63, 3.8) is 0 Å². The van der Waals surface area contributed by atoms with Crippen molar-refractivity contribution in [2.24, 2.45) is 0 Å². The van der Waals surface area contributed by atoms with Crippen LogP contribution in [0.4, 0.5) is 5.69 Å². The van der Waals surface area contributed by atoms with Gasteiger partial charge in [-0.2, -0.15) is 0 Å². The van der Waals surface area contributed by atoms with Crippen LogP contribution in [0.5, 0.6) is 0 Å². The zero-order chi connectivity index (χ0) is 20.5. The Hall–Kier alpha value is -2.70. The fourth-order valence-corrected chi connectivity index (χ4v) is 4.31. The number of rotatable bonds is 3. The average Bonchev–Trinajstić information content (AvgIpc) is 2.69. The lowest BCUT2D eigenvalue weighted by atomic mass is 9.88. The second-order valence-electron chi connectivity index (χ2n) is 7.39. The van der Waals surface area contributed by atoms with Crippen LogP contribution in [0, 0.1) is 0 Å². The van der Waals surface area contributed by atoms with Crippen LogP contribution in [0.3, 0.4) is 0 Å². The van der Waals surface area contributed by atoms with E-state index in [0.717, 1.165) is 22.4 Å². The van der Waals surface area contributed by atoms with Crippen molar-refractivity contribution < 1.29 is 19.1 Å². The monoisotopic (exact) mass is 412 g/mol. The fourth-order valence-electron chi connectivity index (χ4n) is 3.94. The molecule has 7 heteroatoms. The lowest BCUT2D eigenvalue weighted by Gasteiger charge is -2.33. The van der Waals surface area contributed by atoms with Gasteiger partial charge in [-0.15, -0.1) is 0 Å². The van der Waals surface area contributed by atoms with Crippen LogP contribution in [0.25, 0.3) is 11.1 Å². The van der Waals surface area contributed by atoms with Gasteiger partial charge in [-0.1, -0.05) is 41.9 Å². The van der Waals surface area contributed by atoms with Crippen LogP contribution in [0.15, 0.2) is 42.5 Å². The summed E-state index contributed by atoms with van der Waals surface area (Å²) < 4.78 is 5.28. The topological polar surface area (TPSA) is 75.7 Å². The van der Waals surface area contributed by atoms with Gasteiger partial charge in [0.05, 0.1) is 23.6 Å². The predicted octanol–water partition coefficient (Wildman–Crippen LogP) is 3.28. The Morgan fingerprint density at radius 1 is 1.10 bits per heavy atom. The SMILES string of the molecule is C[C@H]1COCC(=O)N1c1ccc(-c2cccc(C3CCC(=O)NC3=O)c2Cl)cc1. The number of anilines is 1. The number of nitrogens with one attached hydrogen (secondary N) is 1. The number of imide groups is 1. The summed E-state index contributed by atoms with van der Waals surface area (Å²) >= 11 is 6.67. The second kappa shape index (κ2) is 7.97. The molecule has 2 saturated heterocycles. The number of halogens is 1. The molecular formula is C22H21ClN2O4. The first-order chi connectivity index (χ1) is 14.0. The molecule has 150 valence electrons. The largest absolute Gasteiger partial charge is 0.369 e. The Balaban J connectivity index is 1.63. The third-order valence-corrected chi connectivity index (χ3v) is 5.82. The summed E-state index contributed by atoms with van der Waals surface area (Å²) in [6.07, 6.45) is 0.751. The van der Waals surface area contributed by atoms with Gasteiger partial charge in [0.1, 0.15) is 6.61 Å². The van der Waals surface area contributed by atoms with E-state index in [2.05, 4.69) is 5.32 Å². The van der Waals surface area contributed by atoms with E-state index in [1.807, 2.05) is 49.4 Å². The minimum absolute atomic E-state index is 0.0264. The number of amides is 3. The molecule has 2 aromatic rings. The summed E-state index contributed by atoms with van der Waals surface area (Å²) in [5.74, 6) is -1.06. The van der Waals surface area contributed by atoms with Crippen molar-refractivity contribution in [3.05, 3.63) is 53.1 Å². The summed E-state index contributed by atoms with van der Waals surface area (Å²) in [5, 5.41) is 2.89. The fraction of sp³-hybridized carbons (Fsp3) is 0.318. The summed E-state index contributed by atoms with van der Waals surface area (Å²) in [6, 6.07) is 13.2. The van der Waals surface area contributed by atoms with Crippen LogP contribution in [0.2, 0.25) is 5.02 Å². The smallest absolute Gasteiger partial charge is 0.253 e. The molecular weight excluding hydrogens is 392 g/mol. The van der Waals surface area contributed by atoms with E-state index < -0.39 is 5.92 Å². The van der Waals surface area contributed by atoms with Gasteiger partial charge < -0.3 is 9.64 Å². The number of benzene rings is 2. The molecule has 0 aromatic heterocycles. The summed E-state index contributed by atoms with van der Waals surface area (Å²) in [7, 11) is 0. The maximum atomic E-state index is 12.2. The maximum Gasteiger partial charge on any atom is 0.253 e. The highest BCUT2D eigenvalue weighted by atomic mass is 35.5. The molecule has 1 N–H and O–H groups in total. The Bertz CT molecular complexity index is 973. The minimum atomic E-state index is -0.439. The molecule has 2 heterocycles. The molecule has 2 aliphatic rings. The van der Waals surface area contributed by atoms with E-state index in [9.17, 15) is 14.4 Å². The third kappa shape index (κ3) is 3.78. The molecule has 2 aliphatic heterocycles. The molecule has 3 amide bonds. The van der Waals surface area contributed by atoms with Crippen molar-refractivity contribution >= 4 is 35.0 Å². The van der Waals surface area contributed by atoms with E-state index >= 15 is 0 Å². The van der Waals surface area contributed by atoms with Gasteiger partial charge in [-0.25, -0.2) is 0 Å². The maximum absolute atomic E-state index is 12.2. The van der Waals surface area contributed by atoms with Crippen molar-refractivity contribution in [3.8, 4) is 11.1 Å². The van der Waals surface area contributed by atoms with Crippen LogP contribution < -0.4 is 10.2 Å². The van der Waals surface area contributed by atoms with Gasteiger partial charge in [0.15, 0.2) is 0 Å². The Kier molecular flexibility index (Phi) is 5.39. The zero-order valence-electron chi connectivity index (χ0n) is 16.0. The van der Waals surface area contributed by atoms with Gasteiger partial charge in [-0.3, -0.25) is 19.7 Å². The lowest BCUT2D eigenvalue weighted by Crippen LogP contribution is -2.48. The molecule has 1 unspecified atom stereocenters. The number of nitrogens with zero attached hydrogens (tertiary/aromatic N) is 1. The Morgan fingerprint density at radius 2 is 1.86 bits per heavy atom. The normalized spacial score (nSPS) is 22.6. The van der Waals surface area contributed by atoms with Gasteiger partial charge in [0, 0.05) is 17.7 Å². The Morgan fingerprint density at radius 3 is 2.55 bits per heavy atom. The van der Waals surface area contributed by atoms with Crippen LogP contribution in [-0.2, 0) is 19.1 Å². The third-order valence-electron chi connectivity index (χ3n) is 5.39. The number of hydrogen-bond acceptors (Lipinski definition) is 4. The van der Waals surface area contributed by atoms with Crippen LogP contribution in [-0.4, -0.2) is 37.0 Å². The quantitative estimate of drug-likeness (QED) is 0.785. The number of carbonyl (C=O) groups is 3. The van der Waals surface area contributed by atoms with E-state index in [0.29, 0.717) is 24.5 Å². The molecule has 4 rings (SSSR count). The minimum Gasteiger partial charge on any atom is -0.369 e. The number of carbonyl (C=O) groups excluding carboxylic acids is 3. The second-order valence-corrected chi connectivity index (χ2v) is 7.77. The first kappa shape index (κ1) is 19.6. The molecule has 6 nitrogen and oxygen atoms in total. The molecule has 0 radical (unpaired) electrons. The molecule has 0 saturated carbocycles. The van der Waals surface area contributed by atoms with Crippen molar-refractivity contribution in [1.29, 1.82) is 0 Å². The first-order valence-electron chi connectivity index (χ1n) is 9.58. The first-order valence-corrected chi connectivity index (χ1v) is 9.96. The van der Waals surface area contributed by atoms with E-state index in [4.69, 9.17) is 16.3 Å². The van der Waals surface area contributed by atoms with E-state index in [-0.39, 0.29) is 30.4 Å². The number of morpholine rings is 1. The summed E-state index contributed by atoms with van der Waals surface area (Å²) in [6.45, 7) is 2.55. The summed E-state index contributed by atoms with van der Waals surface area (Å²) in [4.78, 5) is 37.6. The molecule has 2 aromatic carbocycles. The van der Waals surface area contributed by atoms with Gasteiger partial charge in [0.2, 0.25) is 11.8 Å². The van der Waals surface area contributed by atoms with Gasteiger partial charge in [-0.05, 0) is 36.6 Å². The molecule has 0 bridgehead atoms. The number of piperidine rings is 1. The standard InChI is InChI=1S/C22H21ClN2O4/c1-13-11-29-12-20(27)25(13)15-7-5-14(6-8-15)16-3-2-4-17(21(16)23)18-9-10-19(26)24-22(18)28/h2-8,13,18H,9-12H2,1H3,(H,24,26,28)/t13-,18?/m0/s1. The molecule has 29 heavy (non-hydrogen) atoms. The molecule has 2 fully saturated rings. The molecule has 0 spiro atoms. The highest BCUT2D eigenvalue weighted by molar-refractivity contribution is 6.34. The number of ether oxygens (including phenoxy) is 1. The lowest BCUT2D eigenvalue weighted by molar-refractivity contribution is -0.134. The highest BCUT2D eigenvalue weighted by Gasteiger charge is 2.30. The van der Waals surface area contributed by atoms with Crippen molar-refractivity contribution in [2.75, 3.05) is 18.1 Å². The predicted molar refractivity (Wildman–Crippen MR) is 110 cm³/mol. The highest BCUT2D eigenvalue weighted by Crippen LogP contribution is 2.37. The van der Waals surface area contributed by atoms with E-state index in [1.54, 1.807) is 4.90 Å². The van der Waals surface area contributed by atoms with Crippen molar-refractivity contribution in [2.45, 2.75) is 31.7 Å². The van der Waals surface area contributed by atoms with Crippen LogP contribution >= 0.6 is 11.6 Å².